The molecule has 2 aromatic rings. The van der Waals surface area contributed by atoms with Crippen LogP contribution in [0.2, 0.25) is 0 Å². The van der Waals surface area contributed by atoms with Crippen molar-refractivity contribution in [3.8, 4) is 11.1 Å². The van der Waals surface area contributed by atoms with Crippen molar-refractivity contribution in [3.63, 3.8) is 0 Å². The fourth-order valence-electron chi connectivity index (χ4n) is 3.16. The van der Waals surface area contributed by atoms with Crippen LogP contribution in [0.5, 0.6) is 0 Å². The van der Waals surface area contributed by atoms with Crippen LogP contribution in [-0.2, 0) is 11.3 Å². The molecule has 3 rings (SSSR count). The highest BCUT2D eigenvalue weighted by molar-refractivity contribution is 5.93. The molecule has 0 unspecified atom stereocenters. The molecule has 1 saturated heterocycles. The van der Waals surface area contributed by atoms with Gasteiger partial charge in [0, 0.05) is 25.7 Å². The smallest absolute Gasteiger partial charge is 0.414 e. The first-order valence-corrected chi connectivity index (χ1v) is 8.50. The van der Waals surface area contributed by atoms with Gasteiger partial charge in [-0.1, -0.05) is 36.4 Å². The third kappa shape index (κ3) is 4.00. The van der Waals surface area contributed by atoms with Crippen molar-refractivity contribution in [1.29, 1.82) is 0 Å². The van der Waals surface area contributed by atoms with Gasteiger partial charge in [0.1, 0.15) is 6.10 Å². The molecule has 132 valence electrons. The molecule has 5 nitrogen and oxygen atoms in total. The zero-order valence-electron chi connectivity index (χ0n) is 14.7. The van der Waals surface area contributed by atoms with E-state index in [1.165, 1.54) is 0 Å². The topological polar surface area (TPSA) is 53.0 Å². The second-order valence-corrected chi connectivity index (χ2v) is 6.49. The number of aliphatic hydroxyl groups excluding tert-OH is 1. The van der Waals surface area contributed by atoms with E-state index in [9.17, 15) is 9.90 Å². The summed E-state index contributed by atoms with van der Waals surface area (Å²) in [5, 5.41) is 9.37. The summed E-state index contributed by atoms with van der Waals surface area (Å²) in [6.07, 6.45) is 0.479. The predicted octanol–water partition coefficient (Wildman–Crippen LogP) is 3.12. The number of hydrogen-bond acceptors (Lipinski definition) is 4. The Morgan fingerprint density at radius 1 is 1.28 bits per heavy atom. The molecule has 1 aliphatic heterocycles. The van der Waals surface area contributed by atoms with Crippen LogP contribution in [0.1, 0.15) is 12.0 Å². The van der Waals surface area contributed by atoms with Gasteiger partial charge in [-0.2, -0.15) is 0 Å². The largest absolute Gasteiger partial charge is 0.444 e. The first kappa shape index (κ1) is 17.5. The fourth-order valence-corrected chi connectivity index (χ4v) is 3.16. The number of likely N-dealkylation sites (N-methyl/N-ethyl adjacent to an activating group) is 1. The zero-order valence-corrected chi connectivity index (χ0v) is 14.7. The highest BCUT2D eigenvalue weighted by Crippen LogP contribution is 2.31. The molecule has 0 radical (unpaired) electrons. The summed E-state index contributed by atoms with van der Waals surface area (Å²) in [6.45, 7) is 1.72. The molecule has 1 atom stereocenters. The molecular formula is C20H24N2O3. The van der Waals surface area contributed by atoms with E-state index in [1.807, 2.05) is 55.6 Å². The van der Waals surface area contributed by atoms with Gasteiger partial charge in [0.25, 0.3) is 0 Å². The van der Waals surface area contributed by atoms with Crippen LogP contribution in [0.3, 0.4) is 0 Å². The molecule has 0 aromatic heterocycles. The van der Waals surface area contributed by atoms with Gasteiger partial charge in [0.2, 0.25) is 0 Å². The molecule has 1 fully saturated rings. The van der Waals surface area contributed by atoms with E-state index in [2.05, 4.69) is 4.90 Å². The number of anilines is 1. The van der Waals surface area contributed by atoms with Crippen LogP contribution < -0.4 is 4.90 Å². The Bertz CT molecular complexity index is 747. The number of hydrogen-bond donors (Lipinski definition) is 1. The van der Waals surface area contributed by atoms with E-state index in [0.29, 0.717) is 0 Å². The lowest BCUT2D eigenvalue weighted by Crippen LogP contribution is -2.32. The quantitative estimate of drug-likeness (QED) is 0.929. The molecule has 0 aliphatic carbocycles. The van der Waals surface area contributed by atoms with Crippen LogP contribution in [0.4, 0.5) is 10.5 Å². The minimum Gasteiger partial charge on any atom is -0.444 e. The summed E-state index contributed by atoms with van der Waals surface area (Å²) in [4.78, 5) is 16.3. The van der Waals surface area contributed by atoms with E-state index in [0.717, 1.165) is 41.9 Å². The summed E-state index contributed by atoms with van der Waals surface area (Å²) >= 11 is 0. The maximum absolute atomic E-state index is 12.6. The SMILES string of the molecule is CN1CC[C@@H](OC(=O)N(C)c2ccccc2-c2cccc(CO)c2)C1. The lowest BCUT2D eigenvalue weighted by atomic mass is 10.0. The molecule has 2 aromatic carbocycles. The molecule has 1 heterocycles. The Morgan fingerprint density at radius 2 is 2.08 bits per heavy atom. The number of carbonyl (C=O) groups is 1. The van der Waals surface area contributed by atoms with Gasteiger partial charge in [-0.3, -0.25) is 4.90 Å². The maximum atomic E-state index is 12.6. The summed E-state index contributed by atoms with van der Waals surface area (Å²) in [6, 6.07) is 15.4. The van der Waals surface area contributed by atoms with E-state index in [1.54, 1.807) is 11.9 Å². The summed E-state index contributed by atoms with van der Waals surface area (Å²) in [5.41, 5.74) is 3.52. The first-order valence-electron chi connectivity index (χ1n) is 8.50. The lowest BCUT2D eigenvalue weighted by Gasteiger charge is -2.22. The van der Waals surface area contributed by atoms with Crippen molar-refractivity contribution in [3.05, 3.63) is 54.1 Å². The summed E-state index contributed by atoms with van der Waals surface area (Å²) in [7, 11) is 3.76. The van der Waals surface area contributed by atoms with Gasteiger partial charge in [-0.05, 0) is 36.7 Å². The lowest BCUT2D eigenvalue weighted by molar-refractivity contribution is 0.110. The van der Waals surface area contributed by atoms with Gasteiger partial charge in [0.15, 0.2) is 0 Å². The highest BCUT2D eigenvalue weighted by atomic mass is 16.6. The molecular weight excluding hydrogens is 316 g/mol. The number of ether oxygens (including phenoxy) is 1. The van der Waals surface area contributed by atoms with E-state index >= 15 is 0 Å². The highest BCUT2D eigenvalue weighted by Gasteiger charge is 2.25. The van der Waals surface area contributed by atoms with Crippen molar-refractivity contribution in [2.45, 2.75) is 19.1 Å². The van der Waals surface area contributed by atoms with E-state index in [-0.39, 0.29) is 18.8 Å². The van der Waals surface area contributed by atoms with Gasteiger partial charge in [-0.15, -0.1) is 0 Å². The molecule has 1 amide bonds. The number of likely N-dealkylation sites (tertiary alicyclic amines) is 1. The van der Waals surface area contributed by atoms with Crippen LogP contribution >= 0.6 is 0 Å². The van der Waals surface area contributed by atoms with Crippen LogP contribution in [0.15, 0.2) is 48.5 Å². The van der Waals surface area contributed by atoms with Crippen molar-refractivity contribution in [2.75, 3.05) is 32.1 Å². The standard InChI is InChI=1S/C20H24N2O3/c1-21-11-10-17(13-21)25-20(24)22(2)19-9-4-3-8-18(19)16-7-5-6-15(12-16)14-23/h3-9,12,17,23H,10-11,13-14H2,1-2H3/t17-/m1/s1. The minimum atomic E-state index is -0.342. The third-order valence-electron chi connectivity index (χ3n) is 4.58. The van der Waals surface area contributed by atoms with Crippen molar-refractivity contribution < 1.29 is 14.6 Å². The average Bonchev–Trinajstić information content (AvgIpc) is 3.05. The van der Waals surface area contributed by atoms with E-state index in [4.69, 9.17) is 4.74 Å². The third-order valence-corrected chi connectivity index (χ3v) is 4.58. The summed E-state index contributed by atoms with van der Waals surface area (Å²) < 4.78 is 5.64. The normalized spacial score (nSPS) is 17.5. The Morgan fingerprint density at radius 3 is 2.80 bits per heavy atom. The maximum Gasteiger partial charge on any atom is 0.414 e. The number of aliphatic hydroxyl groups is 1. The molecule has 0 spiro atoms. The summed E-state index contributed by atoms with van der Waals surface area (Å²) in [5.74, 6) is 0. The van der Waals surface area contributed by atoms with Crippen molar-refractivity contribution >= 4 is 11.8 Å². The van der Waals surface area contributed by atoms with Crippen molar-refractivity contribution in [1.82, 2.24) is 4.90 Å². The first-order chi connectivity index (χ1) is 12.1. The number of rotatable bonds is 4. The Hall–Kier alpha value is -2.37. The molecule has 5 heteroatoms. The van der Waals surface area contributed by atoms with E-state index < -0.39 is 0 Å². The predicted molar refractivity (Wildman–Crippen MR) is 98.6 cm³/mol. The second kappa shape index (κ2) is 7.68. The number of benzene rings is 2. The Labute approximate surface area is 148 Å². The Balaban J connectivity index is 1.83. The van der Waals surface area contributed by atoms with Crippen molar-refractivity contribution in [2.24, 2.45) is 0 Å². The number of amides is 1. The zero-order chi connectivity index (χ0) is 17.8. The number of carbonyl (C=O) groups excluding carboxylic acids is 1. The molecule has 1 aliphatic rings. The van der Waals surface area contributed by atoms with Gasteiger partial charge in [-0.25, -0.2) is 4.79 Å². The Kier molecular flexibility index (Phi) is 5.36. The van der Waals surface area contributed by atoms with Crippen LogP contribution in [-0.4, -0.2) is 49.4 Å². The van der Waals surface area contributed by atoms with Gasteiger partial charge >= 0.3 is 6.09 Å². The minimum absolute atomic E-state index is 0.0108. The number of nitrogens with zero attached hydrogens (tertiary/aromatic N) is 2. The molecule has 1 N–H and O–H groups in total. The van der Waals surface area contributed by atoms with Gasteiger partial charge in [0.05, 0.1) is 12.3 Å². The van der Waals surface area contributed by atoms with Crippen LogP contribution in [0, 0.1) is 0 Å². The fraction of sp³-hybridized carbons (Fsp3) is 0.350. The number of para-hydroxylation sites is 1. The second-order valence-electron chi connectivity index (χ2n) is 6.49. The van der Waals surface area contributed by atoms with Gasteiger partial charge < -0.3 is 14.7 Å². The van der Waals surface area contributed by atoms with Crippen LogP contribution in [0.25, 0.3) is 11.1 Å². The monoisotopic (exact) mass is 340 g/mol. The molecule has 0 bridgehead atoms. The molecule has 0 saturated carbocycles. The molecule has 25 heavy (non-hydrogen) atoms. The average molecular weight is 340 g/mol.